The molecule has 0 aromatic carbocycles. The lowest BCUT2D eigenvalue weighted by molar-refractivity contribution is 0.570. The molecule has 0 bridgehead atoms. The third-order valence-corrected chi connectivity index (χ3v) is 5.40. The Labute approximate surface area is 148 Å². The van der Waals surface area contributed by atoms with E-state index in [0.29, 0.717) is 0 Å². The number of imidazole rings is 1. The second kappa shape index (κ2) is 5.87. The zero-order chi connectivity index (χ0) is 17.5. The number of nitrogens with zero attached hydrogens (tertiary/aromatic N) is 3. The molecule has 0 aliphatic rings. The van der Waals surface area contributed by atoms with Crippen LogP contribution in [0.3, 0.4) is 0 Å². The van der Waals surface area contributed by atoms with Gasteiger partial charge in [-0.25, -0.2) is 4.98 Å². The highest BCUT2D eigenvalue weighted by Crippen LogP contribution is 2.30. The topological polar surface area (TPSA) is 30.2 Å². The minimum absolute atomic E-state index is 0.0332. The highest BCUT2D eigenvalue weighted by Gasteiger charge is 2.21. The first-order valence-electron chi connectivity index (χ1n) is 8.11. The van der Waals surface area contributed by atoms with Crippen molar-refractivity contribution in [2.24, 2.45) is 0 Å². The van der Waals surface area contributed by atoms with Crippen LogP contribution in [0.4, 0.5) is 0 Å². The van der Waals surface area contributed by atoms with Crippen LogP contribution in [0.15, 0.2) is 30.7 Å². The molecule has 0 aliphatic carbocycles. The molecule has 0 saturated heterocycles. The summed E-state index contributed by atoms with van der Waals surface area (Å²) < 4.78 is 2.07. The van der Waals surface area contributed by atoms with Gasteiger partial charge in [-0.05, 0) is 12.1 Å². The highest BCUT2D eigenvalue weighted by molar-refractivity contribution is 7.16. The van der Waals surface area contributed by atoms with E-state index in [1.807, 2.05) is 12.4 Å². The molecular formula is C19H23N3SSi. The molecule has 3 heterocycles. The molecule has 3 aromatic heterocycles. The Morgan fingerprint density at radius 3 is 2.58 bits per heavy atom. The summed E-state index contributed by atoms with van der Waals surface area (Å²) in [5.41, 5.74) is 6.33. The van der Waals surface area contributed by atoms with Gasteiger partial charge in [-0.2, -0.15) is 0 Å². The van der Waals surface area contributed by atoms with Gasteiger partial charge in [0.05, 0.1) is 21.1 Å². The summed E-state index contributed by atoms with van der Waals surface area (Å²) in [5, 5.41) is 0. The third kappa shape index (κ3) is 3.60. The summed E-state index contributed by atoms with van der Waals surface area (Å²) in [5.74, 6) is 3.33. The van der Waals surface area contributed by atoms with Crippen molar-refractivity contribution in [2.45, 2.75) is 45.8 Å². The van der Waals surface area contributed by atoms with Gasteiger partial charge < -0.3 is 4.40 Å². The van der Waals surface area contributed by atoms with Crippen LogP contribution in [0.5, 0.6) is 0 Å². The standard InChI is InChI=1S/C19H23N3SSi/c1-19(2,3)17-18-21-15(13-22(18)11-10-20-17)16-8-7-14(23-16)9-12-24(4,5)6/h7-8,10-11,13H,1-6H3. The first-order chi connectivity index (χ1) is 11.1. The molecule has 3 rings (SSSR count). The maximum absolute atomic E-state index is 4.84. The van der Waals surface area contributed by atoms with Gasteiger partial charge in [0, 0.05) is 24.0 Å². The van der Waals surface area contributed by atoms with Crippen molar-refractivity contribution in [3.63, 3.8) is 0 Å². The number of hydrogen-bond acceptors (Lipinski definition) is 3. The first kappa shape index (κ1) is 16.9. The van der Waals surface area contributed by atoms with Crippen molar-refractivity contribution in [1.82, 2.24) is 14.4 Å². The average molecular weight is 354 g/mol. The Balaban J connectivity index is 2.02. The van der Waals surface area contributed by atoms with E-state index in [2.05, 4.69) is 79.6 Å². The lowest BCUT2D eigenvalue weighted by Crippen LogP contribution is -2.16. The average Bonchev–Trinajstić information content (AvgIpc) is 3.09. The van der Waals surface area contributed by atoms with Crippen LogP contribution in [0.25, 0.3) is 16.2 Å². The minimum Gasteiger partial charge on any atom is -0.303 e. The second-order valence-corrected chi connectivity index (χ2v) is 13.9. The van der Waals surface area contributed by atoms with Gasteiger partial charge in [-0.15, -0.1) is 16.9 Å². The van der Waals surface area contributed by atoms with Gasteiger partial charge in [0.1, 0.15) is 8.07 Å². The monoisotopic (exact) mass is 353 g/mol. The van der Waals surface area contributed by atoms with Crippen LogP contribution >= 0.6 is 11.3 Å². The van der Waals surface area contributed by atoms with Gasteiger partial charge >= 0.3 is 0 Å². The number of thiophene rings is 1. The lowest BCUT2D eigenvalue weighted by atomic mass is 9.92. The Morgan fingerprint density at radius 1 is 1.17 bits per heavy atom. The summed E-state index contributed by atoms with van der Waals surface area (Å²) in [6.07, 6.45) is 5.88. The van der Waals surface area contributed by atoms with E-state index in [1.54, 1.807) is 11.3 Å². The number of rotatable bonds is 1. The van der Waals surface area contributed by atoms with Crippen LogP contribution in [-0.4, -0.2) is 22.4 Å². The molecule has 3 aromatic rings. The first-order valence-corrected chi connectivity index (χ1v) is 12.4. The molecule has 0 fully saturated rings. The van der Waals surface area contributed by atoms with E-state index in [4.69, 9.17) is 4.98 Å². The van der Waals surface area contributed by atoms with Crippen LogP contribution in [-0.2, 0) is 5.41 Å². The smallest absolute Gasteiger partial charge is 0.159 e. The fourth-order valence-corrected chi connectivity index (χ4v) is 3.77. The lowest BCUT2D eigenvalue weighted by Gasteiger charge is -2.17. The van der Waals surface area contributed by atoms with E-state index >= 15 is 0 Å². The fourth-order valence-electron chi connectivity index (χ4n) is 2.36. The molecular weight excluding hydrogens is 330 g/mol. The van der Waals surface area contributed by atoms with Crippen molar-refractivity contribution >= 4 is 25.1 Å². The summed E-state index contributed by atoms with van der Waals surface area (Å²) >= 11 is 1.71. The molecule has 0 aliphatic heterocycles. The largest absolute Gasteiger partial charge is 0.303 e. The summed E-state index contributed by atoms with van der Waals surface area (Å²) in [4.78, 5) is 11.7. The number of fused-ring (bicyclic) bond motifs is 1. The Bertz CT molecular complexity index is 943. The molecule has 124 valence electrons. The van der Waals surface area contributed by atoms with Gasteiger partial charge in [-0.3, -0.25) is 4.98 Å². The maximum Gasteiger partial charge on any atom is 0.159 e. The normalized spacial score (nSPS) is 12.2. The quantitative estimate of drug-likeness (QED) is 0.456. The molecule has 0 N–H and O–H groups in total. The van der Waals surface area contributed by atoms with Gasteiger partial charge in [-0.1, -0.05) is 46.3 Å². The van der Waals surface area contributed by atoms with Crippen LogP contribution in [0.2, 0.25) is 19.6 Å². The SMILES string of the molecule is CC(C)(C)c1nccn2cc(-c3ccc(C#C[Si](C)(C)C)s3)nc12. The summed E-state index contributed by atoms with van der Waals surface area (Å²) in [7, 11) is -1.35. The van der Waals surface area contributed by atoms with Crippen molar-refractivity contribution < 1.29 is 0 Å². The zero-order valence-electron chi connectivity index (χ0n) is 15.1. The molecule has 0 saturated carbocycles. The van der Waals surface area contributed by atoms with Gasteiger partial charge in [0.2, 0.25) is 0 Å². The Kier molecular flexibility index (Phi) is 4.14. The highest BCUT2D eigenvalue weighted by atomic mass is 32.1. The predicted molar refractivity (Wildman–Crippen MR) is 105 cm³/mol. The van der Waals surface area contributed by atoms with Gasteiger partial charge in [0.25, 0.3) is 0 Å². The molecule has 24 heavy (non-hydrogen) atoms. The second-order valence-electron chi connectivity index (χ2n) is 8.05. The van der Waals surface area contributed by atoms with Crippen molar-refractivity contribution in [3.8, 4) is 22.0 Å². The van der Waals surface area contributed by atoms with Crippen LogP contribution < -0.4 is 0 Å². The van der Waals surface area contributed by atoms with Crippen molar-refractivity contribution in [1.29, 1.82) is 0 Å². The van der Waals surface area contributed by atoms with E-state index in [0.717, 1.165) is 26.8 Å². The third-order valence-electron chi connectivity index (χ3n) is 3.50. The Hall–Kier alpha value is -1.90. The molecule has 0 spiro atoms. The van der Waals surface area contributed by atoms with Gasteiger partial charge in [0.15, 0.2) is 5.65 Å². The van der Waals surface area contributed by atoms with E-state index in [-0.39, 0.29) is 5.41 Å². The zero-order valence-corrected chi connectivity index (χ0v) is 17.0. The molecule has 5 heteroatoms. The summed E-state index contributed by atoms with van der Waals surface area (Å²) in [6, 6.07) is 4.21. The maximum atomic E-state index is 4.84. The molecule has 0 unspecified atom stereocenters. The fraction of sp³-hybridized carbons (Fsp3) is 0.368. The predicted octanol–water partition coefficient (Wildman–Crippen LogP) is 4.98. The van der Waals surface area contributed by atoms with E-state index in [1.165, 1.54) is 0 Å². The Morgan fingerprint density at radius 2 is 1.92 bits per heavy atom. The molecule has 0 radical (unpaired) electrons. The van der Waals surface area contributed by atoms with Crippen molar-refractivity contribution in [3.05, 3.63) is 41.3 Å². The van der Waals surface area contributed by atoms with Crippen LogP contribution in [0, 0.1) is 11.5 Å². The molecule has 0 amide bonds. The van der Waals surface area contributed by atoms with E-state index in [9.17, 15) is 0 Å². The van der Waals surface area contributed by atoms with Crippen LogP contribution in [0.1, 0.15) is 31.3 Å². The van der Waals surface area contributed by atoms with Crippen molar-refractivity contribution in [2.75, 3.05) is 0 Å². The van der Waals surface area contributed by atoms with E-state index < -0.39 is 8.07 Å². The number of hydrogen-bond donors (Lipinski definition) is 0. The molecule has 3 nitrogen and oxygen atoms in total. The summed E-state index contributed by atoms with van der Waals surface area (Å²) in [6.45, 7) is 13.3. The number of aromatic nitrogens is 3. The molecule has 0 atom stereocenters. The minimum atomic E-state index is -1.35.